The normalized spacial score (nSPS) is 21.2. The van der Waals surface area contributed by atoms with Crippen LogP contribution in [0, 0.1) is 12.8 Å². The van der Waals surface area contributed by atoms with E-state index in [1.807, 2.05) is 72.8 Å². The largest absolute Gasteiger partial charge is 0.405 e. The van der Waals surface area contributed by atoms with E-state index < -0.39 is 82.1 Å². The summed E-state index contributed by atoms with van der Waals surface area (Å²) < 4.78 is 44.7. The van der Waals surface area contributed by atoms with Crippen molar-refractivity contribution in [3.63, 3.8) is 0 Å². The van der Waals surface area contributed by atoms with Crippen LogP contribution in [0.4, 0.5) is 5.95 Å². The lowest BCUT2D eigenvalue weighted by Gasteiger charge is -2.45. The van der Waals surface area contributed by atoms with Crippen molar-refractivity contribution >= 4 is 73.0 Å². The van der Waals surface area contributed by atoms with Crippen LogP contribution < -0.4 is 42.9 Å². The number of hydrogen-bond donors (Lipinski definition) is 4. The number of rotatable bonds is 19. The Kier molecular flexibility index (Phi) is 16.6. The number of hydrogen-bond acceptors (Lipinski definition) is 13. The summed E-state index contributed by atoms with van der Waals surface area (Å²) in [5.41, 5.74) is -0.781. The van der Waals surface area contributed by atoms with Crippen molar-refractivity contribution < 1.29 is 32.3 Å². The minimum atomic E-state index is -4.21. The molecule has 17 nitrogen and oxygen atoms in total. The molecule has 3 aromatic heterocycles. The summed E-state index contributed by atoms with van der Waals surface area (Å²) in [5.74, 6) is 0.595. The van der Waals surface area contributed by atoms with E-state index in [1.54, 1.807) is 17.8 Å². The second-order valence-corrected chi connectivity index (χ2v) is 33.8. The summed E-state index contributed by atoms with van der Waals surface area (Å²) in [5, 5.41) is 6.63. The van der Waals surface area contributed by atoms with Gasteiger partial charge in [-0.3, -0.25) is 28.7 Å². The monoisotopic (exact) mass is 1120 g/mol. The van der Waals surface area contributed by atoms with E-state index >= 15 is 0 Å². The zero-order valence-corrected chi connectivity index (χ0v) is 48.8. The van der Waals surface area contributed by atoms with Gasteiger partial charge in [-0.2, -0.15) is 4.98 Å². The average Bonchev–Trinajstić information content (AvgIpc) is 4.20. The van der Waals surface area contributed by atoms with Gasteiger partial charge in [-0.15, -0.1) is 0 Å². The summed E-state index contributed by atoms with van der Waals surface area (Å²) in [6.45, 7) is 14.9. The molecule has 7 aromatic rings. The molecule has 0 spiro atoms. The molecule has 0 amide bonds. The Labute approximate surface area is 455 Å². The van der Waals surface area contributed by atoms with Gasteiger partial charge in [-0.25, -0.2) is 9.78 Å². The SMILES string of the molecule is Cc1cn([C@H]2C[C@H](O[P@@](O)(=S)OC[C@H]3O[C@@H](n4cnc5c(=O)[nH]c(NCC(C)C)nc54)C[C@@H]3O[Si](c3ccccc3)(c3ccccc3)C(C)(C)C)[C@@H](CO[Si](c3ccccc3)(c3ccccc3)C(C)(C)C)O2)c(=O)[nH]c1=O. The smallest absolute Gasteiger partial charge is 0.330 e. The lowest BCUT2D eigenvalue weighted by atomic mass is 10.2. The Morgan fingerprint density at radius 1 is 0.727 bits per heavy atom. The fourth-order valence-electron chi connectivity index (χ4n) is 10.9. The molecule has 408 valence electrons. The first-order valence-electron chi connectivity index (χ1n) is 26.1. The predicted molar refractivity (Wildman–Crippen MR) is 308 cm³/mol. The van der Waals surface area contributed by atoms with Crippen molar-refractivity contribution in [1.29, 1.82) is 0 Å². The van der Waals surface area contributed by atoms with Crippen molar-refractivity contribution in [2.75, 3.05) is 25.1 Å². The van der Waals surface area contributed by atoms with Gasteiger partial charge in [0, 0.05) is 31.1 Å². The Balaban J connectivity index is 1.06. The highest BCUT2D eigenvalue weighted by atomic mass is 32.5. The van der Waals surface area contributed by atoms with Gasteiger partial charge >= 0.3 is 12.4 Å². The van der Waals surface area contributed by atoms with Gasteiger partial charge in [0.2, 0.25) is 5.95 Å². The lowest BCUT2D eigenvalue weighted by Crippen LogP contribution is -2.68. The third-order valence-corrected chi connectivity index (χ3v) is 26.2. The summed E-state index contributed by atoms with van der Waals surface area (Å²) in [6.07, 6.45) is -1.66. The van der Waals surface area contributed by atoms with Gasteiger partial charge in [0.25, 0.3) is 27.8 Å². The van der Waals surface area contributed by atoms with Gasteiger partial charge in [0.1, 0.15) is 24.7 Å². The number of fused-ring (bicyclic) bond motifs is 1. The Bertz CT molecular complexity index is 3290. The molecule has 77 heavy (non-hydrogen) atoms. The zero-order valence-electron chi connectivity index (χ0n) is 45.0. The highest BCUT2D eigenvalue weighted by Gasteiger charge is 2.55. The van der Waals surface area contributed by atoms with Crippen molar-refractivity contribution in [3.8, 4) is 0 Å². The molecule has 2 aliphatic heterocycles. The van der Waals surface area contributed by atoms with Crippen molar-refractivity contribution in [1.82, 2.24) is 29.1 Å². The van der Waals surface area contributed by atoms with E-state index in [9.17, 15) is 19.3 Å². The van der Waals surface area contributed by atoms with Crippen LogP contribution in [-0.2, 0) is 39.2 Å². The number of benzene rings is 4. The minimum absolute atomic E-state index is 0.00683. The van der Waals surface area contributed by atoms with Gasteiger partial charge in [0.05, 0.1) is 31.7 Å². The molecule has 0 saturated carbocycles. The molecule has 2 aliphatic rings. The summed E-state index contributed by atoms with van der Waals surface area (Å²) in [4.78, 5) is 66.2. The number of aromatic nitrogens is 6. The molecule has 0 radical (unpaired) electrons. The Hall–Kier alpha value is -5.49. The number of anilines is 1. The van der Waals surface area contributed by atoms with Gasteiger partial charge in [-0.1, -0.05) is 177 Å². The Morgan fingerprint density at radius 2 is 1.22 bits per heavy atom. The van der Waals surface area contributed by atoms with E-state index in [4.69, 9.17) is 44.2 Å². The maximum Gasteiger partial charge on any atom is 0.330 e. The molecule has 5 heterocycles. The highest BCUT2D eigenvalue weighted by molar-refractivity contribution is 8.07. The molecule has 2 fully saturated rings. The molecular weight excluding hydrogens is 1050 g/mol. The average molecular weight is 1120 g/mol. The van der Waals surface area contributed by atoms with Crippen LogP contribution in [0.1, 0.15) is 86.3 Å². The number of ether oxygens (including phenoxy) is 2. The molecule has 7 atom stereocenters. The molecule has 0 aliphatic carbocycles. The van der Waals surface area contributed by atoms with Gasteiger partial charge < -0.3 is 37.6 Å². The number of imidazole rings is 1. The fraction of sp³-hybridized carbons (Fsp3) is 0.411. The zero-order chi connectivity index (χ0) is 54.9. The molecule has 4 N–H and O–H groups in total. The third-order valence-electron chi connectivity index (χ3n) is 14.5. The maximum absolute atomic E-state index is 13.4. The molecule has 21 heteroatoms. The fourth-order valence-corrected chi connectivity index (χ4v) is 21.6. The van der Waals surface area contributed by atoms with Crippen LogP contribution in [0.15, 0.2) is 148 Å². The van der Waals surface area contributed by atoms with Crippen molar-refractivity contribution in [2.24, 2.45) is 5.92 Å². The van der Waals surface area contributed by atoms with Crippen LogP contribution in [-0.4, -0.2) is 94.8 Å². The molecular formula is C56H70N7O10PSSi2. The van der Waals surface area contributed by atoms with Gasteiger partial charge in [-0.05, 0) is 55.5 Å². The molecule has 0 bridgehead atoms. The van der Waals surface area contributed by atoms with E-state index in [0.717, 1.165) is 20.7 Å². The van der Waals surface area contributed by atoms with E-state index in [1.165, 1.54) is 10.8 Å². The second-order valence-electron chi connectivity index (χ2n) is 22.4. The van der Waals surface area contributed by atoms with Crippen LogP contribution in [0.3, 0.4) is 0 Å². The number of nitrogens with one attached hydrogen (secondary N) is 3. The van der Waals surface area contributed by atoms with Crippen LogP contribution in [0.2, 0.25) is 10.1 Å². The van der Waals surface area contributed by atoms with E-state index in [2.05, 4.69) is 124 Å². The maximum atomic E-state index is 13.4. The standard InChI is InChI=1S/C56H70N7O10PSSi2/c1-37(2)32-57-53-59-50-49(52(65)60-53)58-36-63(50)48-31-44(73-77(56(7,8)9,41-26-18-12-19-27-41)42-28-20-13-21-29-42)45(70-48)34-68-74(67,75)72-43-30-47(62-33-38(3)51(64)61-54(62)66)71-46(43)35-69-76(55(4,5)6,39-22-14-10-15-23-39)40-24-16-11-17-25-40/h10-29,33,36-37,43-48H,30-32,34-35H2,1-9H3,(H,67,75)(H,61,64,66)(H2,57,59,60,65)/t43-,44-,45+,46+,47+,48+,74-/m0/s1. The predicted octanol–water partition coefficient (Wildman–Crippen LogP) is 6.76. The number of nitrogens with zero attached hydrogens (tertiary/aromatic N) is 4. The summed E-state index contributed by atoms with van der Waals surface area (Å²) >= 11 is 5.92. The lowest BCUT2D eigenvalue weighted by molar-refractivity contribution is -0.0490. The minimum Gasteiger partial charge on any atom is -0.405 e. The van der Waals surface area contributed by atoms with Crippen LogP contribution in [0.5, 0.6) is 0 Å². The topological polar surface area (TPSA) is 206 Å². The first kappa shape index (κ1) is 56.2. The van der Waals surface area contributed by atoms with Gasteiger partial charge in [0.15, 0.2) is 11.2 Å². The Morgan fingerprint density at radius 3 is 1.74 bits per heavy atom. The van der Waals surface area contributed by atoms with Crippen LogP contribution in [0.25, 0.3) is 11.2 Å². The molecule has 9 rings (SSSR count). The summed E-state index contributed by atoms with van der Waals surface area (Å²) in [7, 11) is -6.39. The third kappa shape index (κ3) is 11.7. The van der Waals surface area contributed by atoms with E-state index in [0.29, 0.717) is 23.7 Å². The number of aryl methyl sites for hydroxylation is 1. The molecule has 4 aromatic carbocycles. The first-order chi connectivity index (χ1) is 36.6. The first-order valence-corrected chi connectivity index (χ1v) is 32.5. The van der Waals surface area contributed by atoms with Crippen molar-refractivity contribution in [3.05, 3.63) is 171 Å². The number of H-pyrrole nitrogens is 2. The molecule has 2 saturated heterocycles. The van der Waals surface area contributed by atoms with Crippen molar-refractivity contribution in [2.45, 2.75) is 122 Å². The molecule has 0 unspecified atom stereocenters. The second kappa shape index (κ2) is 22.7. The summed E-state index contributed by atoms with van der Waals surface area (Å²) in [6, 6.07) is 40.9. The quantitative estimate of drug-likeness (QED) is 0.0488. The van der Waals surface area contributed by atoms with Crippen LogP contribution >= 0.6 is 6.72 Å². The van der Waals surface area contributed by atoms with E-state index in [-0.39, 0.29) is 42.5 Å². The highest BCUT2D eigenvalue weighted by Crippen LogP contribution is 2.50. The number of aromatic amines is 2.